The fourth-order valence-corrected chi connectivity index (χ4v) is 4.72. The van der Waals surface area contributed by atoms with E-state index in [-0.39, 0.29) is 6.23 Å². The summed E-state index contributed by atoms with van der Waals surface area (Å²) in [4.78, 5) is 0. The Hall–Kier alpha value is -0.800. The van der Waals surface area contributed by atoms with Gasteiger partial charge in [-0.25, -0.2) is 0 Å². The fraction of sp³-hybridized carbons (Fsp3) is 0.846. The van der Waals surface area contributed by atoms with Crippen molar-refractivity contribution in [1.29, 1.82) is 0 Å². The molecule has 0 aromatic rings. The van der Waals surface area contributed by atoms with Crippen molar-refractivity contribution in [2.45, 2.75) is 136 Å². The van der Waals surface area contributed by atoms with Gasteiger partial charge >= 0.3 is 0 Å². The highest BCUT2D eigenvalue weighted by molar-refractivity contribution is 4.84. The zero-order chi connectivity index (χ0) is 21.2. The van der Waals surface area contributed by atoms with Crippen LogP contribution in [-0.2, 0) is 0 Å². The fourth-order valence-electron chi connectivity index (χ4n) is 4.72. The molecule has 0 saturated heterocycles. The number of rotatable bonds is 19. The number of aliphatic hydroxyl groups is 1. The van der Waals surface area contributed by atoms with Crippen molar-refractivity contribution in [3.8, 4) is 0 Å². The Labute approximate surface area is 182 Å². The lowest BCUT2D eigenvalue weighted by Gasteiger charge is -2.39. The van der Waals surface area contributed by atoms with Gasteiger partial charge in [-0.15, -0.1) is 0 Å². The van der Waals surface area contributed by atoms with E-state index >= 15 is 0 Å². The quantitative estimate of drug-likeness (QED) is 0.133. The van der Waals surface area contributed by atoms with Crippen molar-refractivity contribution < 1.29 is 9.59 Å². The zero-order valence-corrected chi connectivity index (χ0v) is 19.9. The Morgan fingerprint density at radius 2 is 1.34 bits per heavy atom. The number of hydrogen-bond acceptors (Lipinski definition) is 2. The van der Waals surface area contributed by atoms with Gasteiger partial charge < -0.3 is 10.4 Å². The van der Waals surface area contributed by atoms with Crippen LogP contribution in [-0.4, -0.2) is 28.5 Å². The van der Waals surface area contributed by atoms with Gasteiger partial charge in [-0.3, -0.25) is 4.48 Å². The highest BCUT2D eigenvalue weighted by Gasteiger charge is 2.40. The van der Waals surface area contributed by atoms with E-state index in [4.69, 9.17) is 0 Å². The van der Waals surface area contributed by atoms with E-state index in [1.165, 1.54) is 96.3 Å². The summed E-state index contributed by atoms with van der Waals surface area (Å²) in [7, 11) is 0. The lowest BCUT2D eigenvalue weighted by Crippen LogP contribution is -2.57. The molecule has 0 fully saturated rings. The van der Waals surface area contributed by atoms with Gasteiger partial charge in [0.1, 0.15) is 6.20 Å². The van der Waals surface area contributed by atoms with E-state index in [0.717, 1.165) is 13.0 Å². The van der Waals surface area contributed by atoms with Crippen LogP contribution in [0, 0.1) is 0 Å². The largest absolute Gasteiger partial charge is 0.345 e. The molecule has 1 aliphatic heterocycles. The van der Waals surface area contributed by atoms with Crippen LogP contribution >= 0.6 is 0 Å². The third-order valence-electron chi connectivity index (χ3n) is 6.80. The maximum Gasteiger partial charge on any atom is 0.193 e. The predicted molar refractivity (Wildman–Crippen MR) is 127 cm³/mol. The van der Waals surface area contributed by atoms with Crippen LogP contribution in [0.25, 0.3) is 0 Å². The molecule has 3 unspecified atom stereocenters. The molecule has 170 valence electrons. The summed E-state index contributed by atoms with van der Waals surface area (Å²) in [5.41, 5.74) is 0. The molecule has 2 N–H and O–H groups in total. The molecule has 0 radical (unpaired) electrons. The molecule has 1 rings (SSSR count). The first kappa shape index (κ1) is 26.2. The second-order valence-electron chi connectivity index (χ2n) is 9.04. The summed E-state index contributed by atoms with van der Waals surface area (Å²) < 4.78 is 0.677. The SMILES string of the molecule is C/C=C/CCCCCCCCCCCCCCCCC1NC=C[N+]1(CC)C(C)O. The second-order valence-corrected chi connectivity index (χ2v) is 9.04. The van der Waals surface area contributed by atoms with Crippen LogP contribution in [0.3, 0.4) is 0 Å². The molecule has 29 heavy (non-hydrogen) atoms. The molecule has 0 aromatic heterocycles. The predicted octanol–water partition coefficient (Wildman–Crippen LogP) is 7.38. The molecule has 3 atom stereocenters. The third kappa shape index (κ3) is 10.7. The average molecular weight is 408 g/mol. The first-order valence-corrected chi connectivity index (χ1v) is 12.8. The minimum Gasteiger partial charge on any atom is -0.345 e. The Morgan fingerprint density at radius 3 is 1.79 bits per heavy atom. The topological polar surface area (TPSA) is 32.3 Å². The van der Waals surface area contributed by atoms with Crippen molar-refractivity contribution in [2.75, 3.05) is 6.54 Å². The van der Waals surface area contributed by atoms with Crippen LogP contribution in [0.2, 0.25) is 0 Å². The molecule has 1 heterocycles. The molecule has 1 aliphatic rings. The minimum atomic E-state index is -0.334. The van der Waals surface area contributed by atoms with Gasteiger partial charge in [-0.1, -0.05) is 89.2 Å². The van der Waals surface area contributed by atoms with Gasteiger partial charge in [0.2, 0.25) is 0 Å². The summed E-state index contributed by atoms with van der Waals surface area (Å²) in [6.45, 7) is 7.15. The Balaban J connectivity index is 1.85. The van der Waals surface area contributed by atoms with Gasteiger partial charge in [0.05, 0.1) is 12.7 Å². The van der Waals surface area contributed by atoms with Crippen molar-refractivity contribution in [2.24, 2.45) is 0 Å². The van der Waals surface area contributed by atoms with E-state index in [2.05, 4.69) is 37.5 Å². The number of nitrogens with one attached hydrogen (secondary N) is 1. The maximum absolute atomic E-state index is 10.2. The number of hydrogen-bond donors (Lipinski definition) is 2. The van der Waals surface area contributed by atoms with E-state index in [9.17, 15) is 5.11 Å². The van der Waals surface area contributed by atoms with Gasteiger partial charge in [-0.2, -0.15) is 0 Å². The van der Waals surface area contributed by atoms with Crippen molar-refractivity contribution in [1.82, 2.24) is 5.32 Å². The van der Waals surface area contributed by atoms with Crippen molar-refractivity contribution in [3.05, 3.63) is 24.6 Å². The Kier molecular flexibility index (Phi) is 15.3. The lowest BCUT2D eigenvalue weighted by atomic mass is 10.0. The summed E-state index contributed by atoms with van der Waals surface area (Å²) >= 11 is 0. The highest BCUT2D eigenvalue weighted by Crippen LogP contribution is 2.26. The summed E-state index contributed by atoms with van der Waals surface area (Å²) in [5.74, 6) is 0. The van der Waals surface area contributed by atoms with Crippen LogP contribution < -0.4 is 5.32 Å². The molecule has 0 aliphatic carbocycles. The third-order valence-corrected chi connectivity index (χ3v) is 6.80. The molecule has 0 bridgehead atoms. The monoisotopic (exact) mass is 407 g/mol. The van der Waals surface area contributed by atoms with Gasteiger partial charge in [0.15, 0.2) is 12.4 Å². The van der Waals surface area contributed by atoms with E-state index in [1.807, 2.05) is 13.1 Å². The first-order valence-electron chi connectivity index (χ1n) is 12.8. The Bertz CT molecular complexity index is 432. The van der Waals surface area contributed by atoms with Crippen LogP contribution in [0.15, 0.2) is 24.6 Å². The van der Waals surface area contributed by atoms with Crippen LogP contribution in [0.4, 0.5) is 0 Å². The molecular weight excluding hydrogens is 356 g/mol. The van der Waals surface area contributed by atoms with Crippen molar-refractivity contribution in [3.63, 3.8) is 0 Å². The number of quaternary nitrogens is 1. The number of unbranched alkanes of at least 4 members (excludes halogenated alkanes) is 14. The van der Waals surface area contributed by atoms with E-state index < -0.39 is 0 Å². The van der Waals surface area contributed by atoms with Crippen LogP contribution in [0.5, 0.6) is 0 Å². The Morgan fingerprint density at radius 1 is 0.862 bits per heavy atom. The van der Waals surface area contributed by atoms with Crippen molar-refractivity contribution >= 4 is 0 Å². The van der Waals surface area contributed by atoms with Gasteiger partial charge in [0, 0.05) is 13.3 Å². The minimum absolute atomic E-state index is 0.334. The number of allylic oxidation sites excluding steroid dienone is 2. The van der Waals surface area contributed by atoms with Gasteiger partial charge in [-0.05, 0) is 33.1 Å². The average Bonchev–Trinajstić information content (AvgIpc) is 3.14. The normalized spacial score (nSPS) is 22.4. The highest BCUT2D eigenvalue weighted by atomic mass is 16.3. The lowest BCUT2D eigenvalue weighted by molar-refractivity contribution is -0.942. The maximum atomic E-state index is 10.2. The first-order chi connectivity index (χ1) is 14.2. The summed E-state index contributed by atoms with van der Waals surface area (Å²) in [5, 5.41) is 13.7. The number of aliphatic hydroxyl groups excluding tert-OH is 1. The number of nitrogens with zero attached hydrogens (tertiary/aromatic N) is 1. The molecule has 3 heteroatoms. The van der Waals surface area contributed by atoms with Crippen LogP contribution in [0.1, 0.15) is 124 Å². The summed E-state index contributed by atoms with van der Waals surface area (Å²) in [6.07, 6.45) is 30.7. The molecular formula is C26H51N2O+. The second kappa shape index (κ2) is 16.9. The molecule has 0 aromatic carbocycles. The van der Waals surface area contributed by atoms with E-state index in [1.54, 1.807) is 0 Å². The standard InChI is InChI=1S/C26H51N2O/c1-4-6-7-8-9-10-11-12-13-14-15-16-17-18-19-20-21-22-26-27-23-24-28(26,5-2)25(3)29/h4,6,23-27,29H,5,7-22H2,1-3H3/q+1/b6-4+. The summed E-state index contributed by atoms with van der Waals surface area (Å²) in [6, 6.07) is 0. The van der Waals surface area contributed by atoms with E-state index in [0.29, 0.717) is 10.6 Å². The smallest absolute Gasteiger partial charge is 0.193 e. The molecule has 0 amide bonds. The zero-order valence-electron chi connectivity index (χ0n) is 19.9. The molecule has 0 spiro atoms. The van der Waals surface area contributed by atoms with Gasteiger partial charge in [0.25, 0.3) is 0 Å². The molecule has 0 saturated carbocycles. The molecule has 3 nitrogen and oxygen atoms in total.